The molecule has 1 fully saturated rings. The number of sulfone groups is 1. The van der Waals surface area contributed by atoms with Crippen LogP contribution in [0.2, 0.25) is 0 Å². The number of carboxylic acids is 1. The van der Waals surface area contributed by atoms with Crippen molar-refractivity contribution in [2.24, 2.45) is 5.41 Å². The molecule has 0 saturated heterocycles. The monoisotopic (exact) mass is 270 g/mol. The summed E-state index contributed by atoms with van der Waals surface area (Å²) in [5.74, 6) is -1.01. The van der Waals surface area contributed by atoms with Crippen LogP contribution >= 0.6 is 0 Å². The average molecular weight is 270 g/mol. The van der Waals surface area contributed by atoms with Gasteiger partial charge in [-0.3, -0.25) is 4.79 Å². The largest absolute Gasteiger partial charge is 0.481 e. The van der Waals surface area contributed by atoms with E-state index < -0.39 is 21.2 Å². The number of carboxylic acid groups (broad SMARTS) is 1. The summed E-state index contributed by atoms with van der Waals surface area (Å²) >= 11 is 0. The quantitative estimate of drug-likeness (QED) is 0.815. The van der Waals surface area contributed by atoms with Gasteiger partial charge in [-0.2, -0.15) is 0 Å². The van der Waals surface area contributed by atoms with Crippen LogP contribution in [-0.2, 0) is 20.4 Å². The van der Waals surface area contributed by atoms with Crippen LogP contribution in [0.25, 0.3) is 0 Å². The summed E-state index contributed by atoms with van der Waals surface area (Å²) in [7, 11) is -3.36. The van der Waals surface area contributed by atoms with Crippen molar-refractivity contribution in [2.45, 2.75) is 25.0 Å². The molecule has 1 aromatic heterocycles. The van der Waals surface area contributed by atoms with Gasteiger partial charge in [0.1, 0.15) is 11.6 Å². The standard InChI is InChI=1S/C11H14N2O4S/c14-10(15)6-11(2-3-11)8-18(16,17)7-9-12-4-1-5-13-9/h1,4-5H,2-3,6-8H2,(H,14,15). The fraction of sp³-hybridized carbons (Fsp3) is 0.545. The summed E-state index contributed by atoms with van der Waals surface area (Å²) < 4.78 is 23.9. The van der Waals surface area contributed by atoms with E-state index >= 15 is 0 Å². The highest BCUT2D eigenvalue weighted by atomic mass is 32.2. The molecule has 1 aliphatic carbocycles. The number of hydrogen-bond donors (Lipinski definition) is 1. The number of nitrogens with zero attached hydrogens (tertiary/aromatic N) is 2. The molecule has 0 bridgehead atoms. The summed E-state index contributed by atoms with van der Waals surface area (Å²) in [4.78, 5) is 18.4. The lowest BCUT2D eigenvalue weighted by atomic mass is 10.1. The third kappa shape index (κ3) is 3.49. The molecule has 1 saturated carbocycles. The molecule has 0 aliphatic heterocycles. The second-order valence-corrected chi connectivity index (χ2v) is 6.83. The first-order valence-electron chi connectivity index (χ1n) is 5.59. The Hall–Kier alpha value is -1.50. The topological polar surface area (TPSA) is 97.2 Å². The van der Waals surface area contributed by atoms with Crippen LogP contribution in [-0.4, -0.2) is 35.2 Å². The van der Waals surface area contributed by atoms with Crippen LogP contribution in [0.4, 0.5) is 0 Å². The van der Waals surface area contributed by atoms with Gasteiger partial charge in [-0.05, 0) is 24.3 Å². The summed E-state index contributed by atoms with van der Waals surface area (Å²) in [6.07, 6.45) is 4.22. The Morgan fingerprint density at radius 3 is 2.44 bits per heavy atom. The maximum Gasteiger partial charge on any atom is 0.303 e. The van der Waals surface area contributed by atoms with Crippen LogP contribution in [0.3, 0.4) is 0 Å². The number of aromatic nitrogens is 2. The van der Waals surface area contributed by atoms with E-state index in [-0.39, 0.29) is 23.8 Å². The molecule has 1 aliphatic rings. The lowest BCUT2D eigenvalue weighted by molar-refractivity contribution is -0.138. The molecule has 0 radical (unpaired) electrons. The molecule has 0 aromatic carbocycles. The van der Waals surface area contributed by atoms with Gasteiger partial charge in [0.25, 0.3) is 0 Å². The number of rotatable bonds is 6. The van der Waals surface area contributed by atoms with Crippen LogP contribution < -0.4 is 0 Å². The van der Waals surface area contributed by atoms with Crippen molar-refractivity contribution < 1.29 is 18.3 Å². The Bertz CT molecular complexity index is 537. The summed E-state index contributed by atoms with van der Waals surface area (Å²) in [6, 6.07) is 1.61. The van der Waals surface area contributed by atoms with E-state index in [1.54, 1.807) is 6.07 Å². The van der Waals surface area contributed by atoms with E-state index in [0.717, 1.165) is 0 Å². The van der Waals surface area contributed by atoms with Crippen molar-refractivity contribution in [3.8, 4) is 0 Å². The van der Waals surface area contributed by atoms with Crippen molar-refractivity contribution in [3.63, 3.8) is 0 Å². The van der Waals surface area contributed by atoms with Crippen molar-refractivity contribution in [1.29, 1.82) is 0 Å². The molecule has 0 atom stereocenters. The molecule has 0 unspecified atom stereocenters. The van der Waals surface area contributed by atoms with Crippen LogP contribution in [0.15, 0.2) is 18.5 Å². The van der Waals surface area contributed by atoms with E-state index in [1.807, 2.05) is 0 Å². The Labute approximate surface area is 105 Å². The van der Waals surface area contributed by atoms with Crippen molar-refractivity contribution in [3.05, 3.63) is 24.3 Å². The zero-order valence-electron chi connectivity index (χ0n) is 9.74. The van der Waals surface area contributed by atoms with Crippen LogP contribution in [0.5, 0.6) is 0 Å². The Balaban J connectivity index is 2.02. The maximum absolute atomic E-state index is 12.0. The molecule has 1 aromatic rings. The van der Waals surface area contributed by atoms with Gasteiger partial charge in [0.05, 0.1) is 12.2 Å². The fourth-order valence-corrected chi connectivity index (χ4v) is 3.96. The minimum absolute atomic E-state index is 0.0815. The highest BCUT2D eigenvalue weighted by Gasteiger charge is 2.47. The van der Waals surface area contributed by atoms with E-state index in [1.165, 1.54) is 12.4 Å². The molecule has 2 rings (SSSR count). The first kappa shape index (κ1) is 12.9. The lowest BCUT2D eigenvalue weighted by Gasteiger charge is -2.12. The van der Waals surface area contributed by atoms with Crippen LogP contribution in [0.1, 0.15) is 25.1 Å². The molecule has 18 heavy (non-hydrogen) atoms. The van der Waals surface area contributed by atoms with Gasteiger partial charge in [0.2, 0.25) is 0 Å². The summed E-state index contributed by atoms with van der Waals surface area (Å²) in [5.41, 5.74) is -0.556. The number of aliphatic carboxylic acids is 1. The van der Waals surface area contributed by atoms with Crippen molar-refractivity contribution in [2.75, 3.05) is 5.75 Å². The second kappa shape index (κ2) is 4.64. The third-order valence-corrected chi connectivity index (χ3v) is 4.73. The minimum Gasteiger partial charge on any atom is -0.481 e. The predicted octanol–water partition coefficient (Wildman–Crippen LogP) is 0.646. The van der Waals surface area contributed by atoms with Gasteiger partial charge in [-0.15, -0.1) is 0 Å². The molecule has 0 spiro atoms. The smallest absolute Gasteiger partial charge is 0.303 e. The number of hydrogen-bond acceptors (Lipinski definition) is 5. The minimum atomic E-state index is -3.36. The highest BCUT2D eigenvalue weighted by molar-refractivity contribution is 7.90. The van der Waals surface area contributed by atoms with Crippen molar-refractivity contribution in [1.82, 2.24) is 9.97 Å². The molecule has 0 amide bonds. The first-order chi connectivity index (χ1) is 8.41. The molecule has 98 valence electrons. The normalized spacial score (nSPS) is 17.3. The zero-order chi connectivity index (χ0) is 13.2. The molecular formula is C11H14N2O4S. The van der Waals surface area contributed by atoms with Crippen molar-refractivity contribution >= 4 is 15.8 Å². The van der Waals surface area contributed by atoms with Gasteiger partial charge < -0.3 is 5.11 Å². The third-order valence-electron chi connectivity index (χ3n) is 2.98. The Morgan fingerprint density at radius 1 is 1.33 bits per heavy atom. The highest BCUT2D eigenvalue weighted by Crippen LogP contribution is 2.50. The van der Waals surface area contributed by atoms with E-state index in [9.17, 15) is 13.2 Å². The first-order valence-corrected chi connectivity index (χ1v) is 7.41. The molecular weight excluding hydrogens is 256 g/mol. The van der Waals surface area contributed by atoms with Gasteiger partial charge in [0, 0.05) is 12.4 Å². The average Bonchev–Trinajstić information content (AvgIpc) is 2.95. The lowest BCUT2D eigenvalue weighted by Crippen LogP contribution is -2.22. The molecule has 1 heterocycles. The van der Waals surface area contributed by atoms with E-state index in [4.69, 9.17) is 5.11 Å². The van der Waals surface area contributed by atoms with Gasteiger partial charge >= 0.3 is 5.97 Å². The molecule has 7 heteroatoms. The van der Waals surface area contributed by atoms with Gasteiger partial charge in [0.15, 0.2) is 9.84 Å². The summed E-state index contributed by atoms with van der Waals surface area (Å²) in [6.45, 7) is 0. The fourth-order valence-electron chi connectivity index (χ4n) is 1.99. The van der Waals surface area contributed by atoms with Crippen LogP contribution in [0, 0.1) is 5.41 Å². The zero-order valence-corrected chi connectivity index (χ0v) is 10.6. The summed E-state index contributed by atoms with van der Waals surface area (Å²) in [5, 5.41) is 8.76. The Kier molecular flexibility index (Phi) is 3.34. The predicted molar refractivity (Wildman–Crippen MR) is 63.4 cm³/mol. The van der Waals surface area contributed by atoms with Gasteiger partial charge in [-0.25, -0.2) is 18.4 Å². The van der Waals surface area contributed by atoms with E-state index in [2.05, 4.69) is 9.97 Å². The Morgan fingerprint density at radius 2 is 1.94 bits per heavy atom. The van der Waals surface area contributed by atoms with E-state index in [0.29, 0.717) is 12.8 Å². The molecule has 1 N–H and O–H groups in total. The molecule has 6 nitrogen and oxygen atoms in total. The van der Waals surface area contributed by atoms with Gasteiger partial charge in [-0.1, -0.05) is 0 Å². The number of carbonyl (C=O) groups is 1. The SMILES string of the molecule is O=C(O)CC1(CS(=O)(=O)Cc2ncccn2)CC1. The maximum atomic E-state index is 12.0. The second-order valence-electron chi connectivity index (χ2n) is 4.77.